The Morgan fingerprint density at radius 2 is 2.00 bits per heavy atom. The van der Waals surface area contributed by atoms with Crippen LogP contribution in [0.1, 0.15) is 36.6 Å². The number of carbonyl (C=O) groups excluding carboxylic acids is 1. The first kappa shape index (κ1) is 19.2. The molecule has 1 aromatic heterocycles. The van der Waals surface area contributed by atoms with Gasteiger partial charge in [-0.1, -0.05) is 38.1 Å². The van der Waals surface area contributed by atoms with Crippen molar-refractivity contribution in [2.45, 2.75) is 38.7 Å². The number of nitrogens with zero attached hydrogens (tertiary/aromatic N) is 1. The summed E-state index contributed by atoms with van der Waals surface area (Å²) in [4.78, 5) is 17.2. The standard InChI is InChI=1S/C20H22F2N2O3/c1-12(2)14-6-4-5-7-15(14)20(10-26-11-20)18(25)24-16-9-23-13(3)8-17(16)27-19(21)22/h4-9,12,19H,10-11H2,1-3H3,(H,24,25). The molecule has 1 amide bonds. The van der Waals surface area contributed by atoms with Crippen LogP contribution in [0.15, 0.2) is 36.5 Å². The number of aryl methyl sites for hydroxylation is 1. The van der Waals surface area contributed by atoms with Gasteiger partial charge in [0.25, 0.3) is 0 Å². The summed E-state index contributed by atoms with van der Waals surface area (Å²) < 4.78 is 35.3. The van der Waals surface area contributed by atoms with Crippen molar-refractivity contribution in [3.63, 3.8) is 0 Å². The SMILES string of the molecule is Cc1cc(OC(F)F)c(NC(=O)C2(c3ccccc3C(C)C)COC2)cn1. The van der Waals surface area contributed by atoms with E-state index in [0.717, 1.165) is 11.1 Å². The van der Waals surface area contributed by atoms with Gasteiger partial charge in [-0.3, -0.25) is 9.78 Å². The molecule has 0 radical (unpaired) electrons. The Hall–Kier alpha value is -2.54. The minimum absolute atomic E-state index is 0.110. The highest BCUT2D eigenvalue weighted by atomic mass is 19.3. The van der Waals surface area contributed by atoms with E-state index >= 15 is 0 Å². The van der Waals surface area contributed by atoms with Gasteiger partial charge in [0, 0.05) is 11.8 Å². The van der Waals surface area contributed by atoms with Crippen LogP contribution in [0, 0.1) is 6.92 Å². The number of hydrogen-bond donors (Lipinski definition) is 1. The molecule has 5 nitrogen and oxygen atoms in total. The second kappa shape index (κ2) is 7.60. The van der Waals surface area contributed by atoms with Crippen LogP contribution in [0.3, 0.4) is 0 Å². The van der Waals surface area contributed by atoms with E-state index in [1.165, 1.54) is 12.3 Å². The molecular weight excluding hydrogens is 354 g/mol. The van der Waals surface area contributed by atoms with Gasteiger partial charge >= 0.3 is 6.61 Å². The zero-order valence-corrected chi connectivity index (χ0v) is 15.5. The van der Waals surface area contributed by atoms with Gasteiger partial charge in [-0.15, -0.1) is 0 Å². The van der Waals surface area contributed by atoms with Gasteiger partial charge in [-0.25, -0.2) is 0 Å². The Kier molecular flexibility index (Phi) is 5.41. The fourth-order valence-corrected chi connectivity index (χ4v) is 3.22. The first-order valence-electron chi connectivity index (χ1n) is 8.73. The van der Waals surface area contributed by atoms with E-state index < -0.39 is 12.0 Å². The van der Waals surface area contributed by atoms with Crippen molar-refractivity contribution < 1.29 is 23.0 Å². The number of carbonyl (C=O) groups is 1. The minimum atomic E-state index is -3.00. The van der Waals surface area contributed by atoms with Crippen LogP contribution in [0.25, 0.3) is 0 Å². The molecule has 144 valence electrons. The maximum Gasteiger partial charge on any atom is 0.387 e. The lowest BCUT2D eigenvalue weighted by atomic mass is 9.73. The summed E-state index contributed by atoms with van der Waals surface area (Å²) in [6.07, 6.45) is 1.33. The van der Waals surface area contributed by atoms with E-state index in [-0.39, 0.29) is 36.5 Å². The molecule has 1 aromatic carbocycles. The summed E-state index contributed by atoms with van der Waals surface area (Å²) >= 11 is 0. The highest BCUT2D eigenvalue weighted by Gasteiger charge is 2.49. The zero-order chi connectivity index (χ0) is 19.6. The topological polar surface area (TPSA) is 60.5 Å². The zero-order valence-electron chi connectivity index (χ0n) is 15.5. The number of halogens is 2. The van der Waals surface area contributed by atoms with Crippen LogP contribution in [-0.2, 0) is 14.9 Å². The monoisotopic (exact) mass is 376 g/mol. The molecule has 0 atom stereocenters. The second-order valence-corrected chi connectivity index (χ2v) is 6.97. The number of benzene rings is 1. The fourth-order valence-electron chi connectivity index (χ4n) is 3.22. The smallest absolute Gasteiger partial charge is 0.387 e. The van der Waals surface area contributed by atoms with Crippen molar-refractivity contribution >= 4 is 11.6 Å². The summed E-state index contributed by atoms with van der Waals surface area (Å²) in [5, 5.41) is 2.71. The lowest BCUT2D eigenvalue weighted by Gasteiger charge is -2.41. The molecule has 0 saturated carbocycles. The molecule has 0 unspecified atom stereocenters. The number of hydrogen-bond acceptors (Lipinski definition) is 4. The average Bonchev–Trinajstić information content (AvgIpc) is 2.56. The third kappa shape index (κ3) is 3.78. The quantitative estimate of drug-likeness (QED) is 0.827. The number of aromatic nitrogens is 1. The Labute approximate surface area is 156 Å². The number of amides is 1. The van der Waals surface area contributed by atoms with Crippen molar-refractivity contribution in [1.82, 2.24) is 4.98 Å². The lowest BCUT2D eigenvalue weighted by molar-refractivity contribution is -0.139. The maximum absolute atomic E-state index is 13.2. The molecule has 2 heterocycles. The number of rotatable bonds is 6. The average molecular weight is 376 g/mol. The number of pyridine rings is 1. The van der Waals surface area contributed by atoms with Crippen molar-refractivity contribution in [2.24, 2.45) is 0 Å². The van der Waals surface area contributed by atoms with Crippen molar-refractivity contribution in [3.8, 4) is 5.75 Å². The van der Waals surface area contributed by atoms with Gasteiger partial charge in [0.05, 0.1) is 19.4 Å². The van der Waals surface area contributed by atoms with Gasteiger partial charge in [0.1, 0.15) is 11.1 Å². The van der Waals surface area contributed by atoms with E-state index in [4.69, 9.17) is 4.74 Å². The number of alkyl halides is 2. The highest BCUT2D eigenvalue weighted by Crippen LogP contribution is 2.39. The van der Waals surface area contributed by atoms with Crippen molar-refractivity contribution in [1.29, 1.82) is 0 Å². The third-order valence-electron chi connectivity index (χ3n) is 4.70. The highest BCUT2D eigenvalue weighted by molar-refractivity contribution is 6.01. The normalized spacial score (nSPS) is 15.5. The molecule has 27 heavy (non-hydrogen) atoms. The van der Waals surface area contributed by atoms with Crippen LogP contribution in [0.4, 0.5) is 14.5 Å². The number of ether oxygens (including phenoxy) is 2. The Bertz CT molecular complexity index is 836. The molecule has 0 aliphatic carbocycles. The van der Waals surface area contributed by atoms with Crippen LogP contribution in [0.5, 0.6) is 5.75 Å². The molecule has 1 N–H and O–H groups in total. The Morgan fingerprint density at radius 3 is 2.59 bits per heavy atom. The molecule has 2 aromatic rings. The molecule has 3 rings (SSSR count). The van der Waals surface area contributed by atoms with E-state index in [1.54, 1.807) is 6.92 Å². The summed E-state index contributed by atoms with van der Waals surface area (Å²) in [6.45, 7) is 3.24. The summed E-state index contributed by atoms with van der Waals surface area (Å²) in [7, 11) is 0. The predicted molar refractivity (Wildman–Crippen MR) is 97.3 cm³/mol. The number of anilines is 1. The number of nitrogens with one attached hydrogen (secondary N) is 1. The molecule has 1 fully saturated rings. The molecule has 0 bridgehead atoms. The van der Waals surface area contributed by atoms with Gasteiger partial charge in [-0.2, -0.15) is 8.78 Å². The predicted octanol–water partition coefficient (Wildman–Crippen LogP) is 4.02. The maximum atomic E-state index is 13.2. The van der Waals surface area contributed by atoms with Gasteiger partial charge in [-0.05, 0) is 24.0 Å². The Balaban J connectivity index is 1.94. The van der Waals surface area contributed by atoms with Crippen LogP contribution >= 0.6 is 0 Å². The van der Waals surface area contributed by atoms with E-state index in [2.05, 4.69) is 28.9 Å². The third-order valence-corrected chi connectivity index (χ3v) is 4.70. The molecule has 1 saturated heterocycles. The molecule has 7 heteroatoms. The van der Waals surface area contributed by atoms with E-state index in [9.17, 15) is 13.6 Å². The molecular formula is C20H22F2N2O3. The van der Waals surface area contributed by atoms with E-state index in [1.807, 2.05) is 24.3 Å². The second-order valence-electron chi connectivity index (χ2n) is 6.97. The van der Waals surface area contributed by atoms with Gasteiger partial charge in [0.15, 0.2) is 5.75 Å². The lowest BCUT2D eigenvalue weighted by Crippen LogP contribution is -2.56. The van der Waals surface area contributed by atoms with Crippen molar-refractivity contribution in [2.75, 3.05) is 18.5 Å². The van der Waals surface area contributed by atoms with Gasteiger partial charge in [0.2, 0.25) is 5.91 Å². The fraction of sp³-hybridized carbons (Fsp3) is 0.400. The molecule has 1 aliphatic heterocycles. The van der Waals surface area contributed by atoms with E-state index in [0.29, 0.717) is 5.69 Å². The minimum Gasteiger partial charge on any atom is -0.432 e. The molecule has 1 aliphatic rings. The van der Waals surface area contributed by atoms with Gasteiger partial charge < -0.3 is 14.8 Å². The summed E-state index contributed by atoms with van der Waals surface area (Å²) in [6, 6.07) is 9.09. The van der Waals surface area contributed by atoms with Crippen LogP contribution in [-0.4, -0.2) is 30.7 Å². The summed E-state index contributed by atoms with van der Waals surface area (Å²) in [5.74, 6) is -0.213. The Morgan fingerprint density at radius 1 is 1.30 bits per heavy atom. The summed E-state index contributed by atoms with van der Waals surface area (Å²) in [5.41, 5.74) is 1.70. The molecule has 0 spiro atoms. The first-order chi connectivity index (χ1) is 12.8. The first-order valence-corrected chi connectivity index (χ1v) is 8.73. The largest absolute Gasteiger partial charge is 0.432 e. The van der Waals surface area contributed by atoms with Crippen LogP contribution < -0.4 is 10.1 Å². The van der Waals surface area contributed by atoms with Crippen molar-refractivity contribution in [3.05, 3.63) is 53.3 Å². The van der Waals surface area contributed by atoms with Crippen LogP contribution in [0.2, 0.25) is 0 Å².